The van der Waals surface area contributed by atoms with Gasteiger partial charge in [0.05, 0.1) is 0 Å². The van der Waals surface area contributed by atoms with E-state index in [4.69, 9.17) is 5.73 Å². The first-order valence-corrected chi connectivity index (χ1v) is 3.93. The molecule has 0 fully saturated rings. The molecule has 12 heavy (non-hydrogen) atoms. The van der Waals surface area contributed by atoms with Crippen molar-refractivity contribution in [1.29, 1.82) is 0 Å². The topological polar surface area (TPSA) is 43.1 Å². The van der Waals surface area contributed by atoms with Crippen LogP contribution in [0.1, 0.15) is 15.9 Å². The maximum Gasteiger partial charge on any atom is 0.220 e. The highest BCUT2D eigenvalue weighted by atomic mass is 32.1. The maximum absolute atomic E-state index is 11.3. The highest BCUT2D eigenvalue weighted by Gasteiger charge is 2.09. The predicted octanol–water partition coefficient (Wildman–Crippen LogP) is 1.46. The normalized spacial score (nSPS) is 9.42. The van der Waals surface area contributed by atoms with Crippen LogP contribution in [-0.4, -0.2) is 10.8 Å². The lowest BCUT2D eigenvalue weighted by atomic mass is 10.1. The molecule has 0 saturated carbocycles. The summed E-state index contributed by atoms with van der Waals surface area (Å²) in [5.74, 6) is -0.261. The zero-order valence-electron chi connectivity index (χ0n) is 6.70. The molecule has 0 aliphatic heterocycles. The Kier molecular flexibility index (Phi) is 2.55. The molecule has 0 heterocycles. The van der Waals surface area contributed by atoms with Crippen molar-refractivity contribution in [2.45, 2.75) is 6.92 Å². The van der Waals surface area contributed by atoms with Gasteiger partial charge in [0, 0.05) is 5.56 Å². The van der Waals surface area contributed by atoms with Gasteiger partial charge in [0.15, 0.2) is 0 Å². The van der Waals surface area contributed by atoms with Crippen LogP contribution in [0.15, 0.2) is 24.3 Å². The number of carbonyl (C=O) groups is 1. The van der Waals surface area contributed by atoms with Crippen molar-refractivity contribution in [3.8, 4) is 0 Å². The molecular formula is C9H9NOS. The molecule has 1 rings (SSSR count). The fourth-order valence-corrected chi connectivity index (χ4v) is 1.07. The number of nitrogens with two attached hydrogens (primary N) is 1. The van der Waals surface area contributed by atoms with Gasteiger partial charge in [-0.1, -0.05) is 36.5 Å². The molecule has 0 bridgehead atoms. The second-order valence-corrected chi connectivity index (χ2v) is 2.95. The molecule has 2 nitrogen and oxygen atoms in total. The van der Waals surface area contributed by atoms with Crippen molar-refractivity contribution in [2.24, 2.45) is 5.73 Å². The highest BCUT2D eigenvalue weighted by Crippen LogP contribution is 2.07. The first-order valence-electron chi connectivity index (χ1n) is 3.52. The van der Waals surface area contributed by atoms with E-state index in [1.807, 2.05) is 19.1 Å². The van der Waals surface area contributed by atoms with Gasteiger partial charge in [0.25, 0.3) is 0 Å². The van der Waals surface area contributed by atoms with Gasteiger partial charge in [-0.3, -0.25) is 4.79 Å². The van der Waals surface area contributed by atoms with E-state index in [1.54, 1.807) is 12.1 Å². The van der Waals surface area contributed by atoms with E-state index in [0.717, 1.165) is 5.56 Å². The molecule has 0 atom stereocenters. The number of rotatable bonds is 2. The lowest BCUT2D eigenvalue weighted by molar-refractivity contribution is 0.106. The number of hydrogen-bond donors (Lipinski definition) is 1. The SMILES string of the molecule is Cc1ccccc1C(=O)C(N)=S. The van der Waals surface area contributed by atoms with Crippen LogP contribution >= 0.6 is 12.2 Å². The third-order valence-corrected chi connectivity index (χ3v) is 1.80. The Morgan fingerprint density at radius 2 is 2.00 bits per heavy atom. The lowest BCUT2D eigenvalue weighted by Crippen LogP contribution is -2.21. The number of aryl methyl sites for hydroxylation is 1. The van der Waals surface area contributed by atoms with Crippen molar-refractivity contribution >= 4 is 23.0 Å². The molecule has 0 amide bonds. The van der Waals surface area contributed by atoms with E-state index < -0.39 is 0 Å². The molecule has 0 radical (unpaired) electrons. The van der Waals surface area contributed by atoms with Crippen LogP contribution in [-0.2, 0) is 0 Å². The Balaban J connectivity index is 3.11. The summed E-state index contributed by atoms with van der Waals surface area (Å²) in [7, 11) is 0. The second-order valence-electron chi connectivity index (χ2n) is 2.51. The molecule has 2 N–H and O–H groups in total. The van der Waals surface area contributed by atoms with Gasteiger partial charge in [0.2, 0.25) is 5.78 Å². The number of benzene rings is 1. The van der Waals surface area contributed by atoms with E-state index in [-0.39, 0.29) is 10.8 Å². The van der Waals surface area contributed by atoms with Gasteiger partial charge in [-0.15, -0.1) is 0 Å². The van der Waals surface area contributed by atoms with Crippen molar-refractivity contribution < 1.29 is 4.79 Å². The summed E-state index contributed by atoms with van der Waals surface area (Å²) in [6.07, 6.45) is 0. The van der Waals surface area contributed by atoms with Gasteiger partial charge in [-0.25, -0.2) is 0 Å². The highest BCUT2D eigenvalue weighted by molar-refractivity contribution is 7.82. The third-order valence-electron chi connectivity index (χ3n) is 1.61. The molecule has 0 aliphatic rings. The molecule has 0 spiro atoms. The average molecular weight is 179 g/mol. The van der Waals surface area contributed by atoms with E-state index in [0.29, 0.717) is 5.56 Å². The number of Topliss-reactive ketones (excluding diaryl/α,β-unsaturated/α-hetero) is 1. The minimum Gasteiger partial charge on any atom is -0.387 e. The van der Waals surface area contributed by atoms with Crippen LogP contribution in [0.4, 0.5) is 0 Å². The standard InChI is InChI=1S/C9H9NOS/c1-6-4-2-3-5-7(6)8(11)9(10)12/h2-5H,1H3,(H2,10,12). The molecule has 0 saturated heterocycles. The Labute approximate surface area is 76.4 Å². The van der Waals surface area contributed by atoms with Crippen LogP contribution in [0.25, 0.3) is 0 Å². The van der Waals surface area contributed by atoms with Gasteiger partial charge < -0.3 is 5.73 Å². The molecule has 0 unspecified atom stereocenters. The zero-order valence-corrected chi connectivity index (χ0v) is 7.52. The largest absolute Gasteiger partial charge is 0.387 e. The molecular weight excluding hydrogens is 170 g/mol. The Morgan fingerprint density at radius 1 is 1.42 bits per heavy atom. The fraction of sp³-hybridized carbons (Fsp3) is 0.111. The summed E-state index contributed by atoms with van der Waals surface area (Å²) in [4.78, 5) is 11.2. The molecule has 3 heteroatoms. The fourth-order valence-electron chi connectivity index (χ4n) is 0.960. The molecule has 1 aromatic rings. The van der Waals surface area contributed by atoms with Crippen molar-refractivity contribution in [3.63, 3.8) is 0 Å². The average Bonchev–Trinajstić information content (AvgIpc) is 2.04. The van der Waals surface area contributed by atoms with E-state index in [1.165, 1.54) is 0 Å². The molecule has 62 valence electrons. The number of thiocarbonyl (C=S) groups is 1. The first-order chi connectivity index (χ1) is 5.63. The van der Waals surface area contributed by atoms with Crippen molar-refractivity contribution in [2.75, 3.05) is 0 Å². The summed E-state index contributed by atoms with van der Waals surface area (Å²) >= 11 is 4.59. The minimum absolute atomic E-state index is 0.0794. The van der Waals surface area contributed by atoms with Crippen LogP contribution in [0.3, 0.4) is 0 Å². The lowest BCUT2D eigenvalue weighted by Gasteiger charge is -2.01. The summed E-state index contributed by atoms with van der Waals surface area (Å²) in [6, 6.07) is 7.23. The predicted molar refractivity (Wildman–Crippen MR) is 52.3 cm³/mol. The summed E-state index contributed by atoms with van der Waals surface area (Å²) in [5, 5.41) is 0. The van der Waals surface area contributed by atoms with Crippen LogP contribution in [0, 0.1) is 6.92 Å². The maximum atomic E-state index is 11.3. The van der Waals surface area contributed by atoms with Gasteiger partial charge in [-0.05, 0) is 12.5 Å². The summed E-state index contributed by atoms with van der Waals surface area (Å²) < 4.78 is 0. The van der Waals surface area contributed by atoms with Crippen LogP contribution in [0.5, 0.6) is 0 Å². The van der Waals surface area contributed by atoms with Gasteiger partial charge in [-0.2, -0.15) is 0 Å². The quantitative estimate of drug-likeness (QED) is 0.552. The molecule has 0 aromatic heterocycles. The third kappa shape index (κ3) is 1.68. The zero-order chi connectivity index (χ0) is 9.14. The smallest absolute Gasteiger partial charge is 0.220 e. The Bertz CT molecular complexity index is 333. The first kappa shape index (κ1) is 8.87. The Hall–Kier alpha value is -1.22. The molecule has 0 aliphatic carbocycles. The summed E-state index contributed by atoms with van der Waals surface area (Å²) in [6.45, 7) is 1.85. The summed E-state index contributed by atoms with van der Waals surface area (Å²) in [5.41, 5.74) is 6.71. The Morgan fingerprint density at radius 3 is 2.50 bits per heavy atom. The van der Waals surface area contributed by atoms with E-state index in [9.17, 15) is 4.79 Å². The van der Waals surface area contributed by atoms with Crippen LogP contribution in [0.2, 0.25) is 0 Å². The molecule has 1 aromatic carbocycles. The number of hydrogen-bond acceptors (Lipinski definition) is 2. The van der Waals surface area contributed by atoms with E-state index in [2.05, 4.69) is 12.2 Å². The number of carbonyl (C=O) groups excluding carboxylic acids is 1. The van der Waals surface area contributed by atoms with Crippen molar-refractivity contribution in [1.82, 2.24) is 0 Å². The minimum atomic E-state index is -0.261. The second kappa shape index (κ2) is 3.45. The van der Waals surface area contributed by atoms with Gasteiger partial charge in [0.1, 0.15) is 4.99 Å². The number of ketones is 1. The van der Waals surface area contributed by atoms with E-state index >= 15 is 0 Å². The van der Waals surface area contributed by atoms with Crippen LogP contribution < -0.4 is 5.73 Å². The monoisotopic (exact) mass is 179 g/mol. The van der Waals surface area contributed by atoms with Crippen molar-refractivity contribution in [3.05, 3.63) is 35.4 Å². The van der Waals surface area contributed by atoms with Gasteiger partial charge >= 0.3 is 0 Å².